The Hall–Kier alpha value is -5.29. The van der Waals surface area contributed by atoms with Gasteiger partial charge in [-0.2, -0.15) is 0 Å². The van der Waals surface area contributed by atoms with E-state index >= 15 is 9.59 Å². The minimum Gasteiger partial charge on any atom is -0.497 e. The highest BCUT2D eigenvalue weighted by Crippen LogP contribution is 2.65. The molecule has 2 saturated heterocycles. The van der Waals surface area contributed by atoms with Gasteiger partial charge in [-0.3, -0.25) is 14.5 Å². The topological polar surface area (TPSA) is 244 Å². The Morgan fingerprint density at radius 1 is 0.771 bits per heavy atom. The molecule has 3 aliphatic carbocycles. The SMILES string of the molecule is COc1ccc([C@H]2O[C@@H](C(=O)O[C@H]3C[C@@]4(O)[C@@H](OC(=O)c5ccccc5)[C@@H]5[C@]6(OC(C)=O)CO[C@@H]6C[C@H](OC(=O)OCC(Cl)(Cl)Cl)[C@@]5(C)C(=O)[C@H](OC(=O)OCC(Cl)(Cl)Cl)C(=C3C)C4(C)C)[C@H](c3ccccc3)N2C(=O)OC(C)(C)C)cc1. The predicted octanol–water partition coefficient (Wildman–Crippen LogP) is 10.8. The van der Waals surface area contributed by atoms with Gasteiger partial charge in [0.25, 0.3) is 0 Å². The van der Waals surface area contributed by atoms with Crippen LogP contribution in [0.4, 0.5) is 14.4 Å². The Morgan fingerprint density at radius 2 is 1.35 bits per heavy atom. The normalized spacial score (nSPS) is 30.1. The van der Waals surface area contributed by atoms with Crippen LogP contribution in [0, 0.1) is 16.7 Å². The van der Waals surface area contributed by atoms with Gasteiger partial charge < -0.3 is 57.2 Å². The van der Waals surface area contributed by atoms with Crippen LogP contribution in [-0.4, -0.2) is 140 Å². The van der Waals surface area contributed by atoms with E-state index in [4.69, 9.17) is 122 Å². The maximum atomic E-state index is 16.6. The van der Waals surface area contributed by atoms with Crippen molar-refractivity contribution in [3.63, 3.8) is 0 Å². The predicted molar refractivity (Wildman–Crippen MR) is 298 cm³/mol. The first-order valence-corrected chi connectivity index (χ1v) is 28.3. The van der Waals surface area contributed by atoms with E-state index in [9.17, 15) is 29.1 Å². The minimum atomic E-state index is -2.65. The fraction of sp³-hybridized carbons (Fsp3) is 0.526. The van der Waals surface area contributed by atoms with E-state index in [1.807, 2.05) is 0 Å². The zero-order chi connectivity index (χ0) is 61.0. The highest BCUT2D eigenvalue weighted by Gasteiger charge is 2.79. The van der Waals surface area contributed by atoms with E-state index in [1.165, 1.54) is 51.8 Å². The zero-order valence-electron chi connectivity index (χ0n) is 46.3. The average Bonchev–Trinajstić information content (AvgIpc) is 1.16. The van der Waals surface area contributed by atoms with Gasteiger partial charge in [0.15, 0.2) is 29.8 Å². The maximum absolute atomic E-state index is 16.6. The van der Waals surface area contributed by atoms with Gasteiger partial charge in [-0.15, -0.1) is 0 Å². The molecule has 0 unspecified atom stereocenters. The van der Waals surface area contributed by atoms with Crippen molar-refractivity contribution in [2.45, 2.75) is 142 Å². The Balaban J connectivity index is 1.35. The molecule has 2 heterocycles. The number of carbonyl (C=O) groups excluding carboxylic acids is 7. The minimum absolute atomic E-state index is 0.00983. The molecule has 8 rings (SSSR count). The Bertz CT molecular complexity index is 3000. The maximum Gasteiger partial charge on any atom is 0.509 e. The van der Waals surface area contributed by atoms with Crippen LogP contribution in [0.15, 0.2) is 96.1 Å². The molecular formula is C57H61Cl6NO19. The van der Waals surface area contributed by atoms with Gasteiger partial charge in [-0.25, -0.2) is 24.0 Å². The molecule has 1 N–H and O–H groups in total. The number of ketones is 1. The van der Waals surface area contributed by atoms with Gasteiger partial charge in [0, 0.05) is 30.7 Å². The Labute approximate surface area is 508 Å². The third kappa shape index (κ3) is 12.8. The first-order chi connectivity index (χ1) is 38.7. The number of ether oxygens (including phenoxy) is 11. The van der Waals surface area contributed by atoms with Crippen LogP contribution in [-0.2, 0) is 61.8 Å². The van der Waals surface area contributed by atoms with Crippen LogP contribution in [0.25, 0.3) is 0 Å². The third-order valence-corrected chi connectivity index (χ3v) is 16.4. The molecular weight excluding hydrogens is 1220 g/mol. The highest BCUT2D eigenvalue weighted by atomic mass is 35.6. The smallest absolute Gasteiger partial charge is 0.497 e. The number of halogens is 6. The molecule has 12 atom stereocenters. The standard InChI is InChI=1S/C57H61Cl6NO19/c1-29-35(77-47(68)41-39(31-16-12-10-13-17-31)64(48(69)83-51(3,4)5)45(79-41)32-20-22-34(73-9)23-21-32)25-55(72)44(81-46(67)33-18-14-11-15-19-33)42-53(8,43(66)40(38(29)52(55,6)7)80-50(71)76-28-57(61,62)63)36(78-49(70)75-27-56(58,59)60)24-37-54(42,26-74-37)82-30(2)65/h10-23,35-37,39-42,44-45,72H,24-28H2,1-9H3/t35-,36-,37+,39-,40+,41+,42-,44-,45+,53+,54-,55+/m0/s1. The number of aliphatic hydroxyl groups is 1. The number of fused-ring (bicyclic) bond motifs is 5. The van der Waals surface area contributed by atoms with E-state index in [-0.39, 0.29) is 16.7 Å². The van der Waals surface area contributed by atoms with Gasteiger partial charge in [-0.1, -0.05) is 144 Å². The van der Waals surface area contributed by atoms with Crippen molar-refractivity contribution >= 4 is 112 Å². The van der Waals surface area contributed by atoms with Crippen molar-refractivity contribution in [3.05, 3.63) is 113 Å². The number of Topliss-reactive ketones (excluding diaryl/α,β-unsaturated/α-hetero) is 1. The molecule has 20 nitrogen and oxygen atoms in total. The summed E-state index contributed by atoms with van der Waals surface area (Å²) in [5, 5.41) is 14.4. The summed E-state index contributed by atoms with van der Waals surface area (Å²) in [6.45, 7) is 9.52. The average molecular weight is 1280 g/mol. The summed E-state index contributed by atoms with van der Waals surface area (Å²) in [6.07, 6.45) is -17.1. The van der Waals surface area contributed by atoms with Crippen LogP contribution in [0.5, 0.6) is 5.75 Å². The van der Waals surface area contributed by atoms with Crippen LogP contribution in [0.1, 0.15) is 102 Å². The molecule has 450 valence electrons. The van der Waals surface area contributed by atoms with E-state index in [1.54, 1.807) is 93.6 Å². The number of nitrogens with zero attached hydrogens (tertiary/aromatic N) is 1. The monoisotopic (exact) mass is 1270 g/mol. The number of rotatable bonds is 12. The molecule has 0 radical (unpaired) electrons. The number of hydrogen-bond donors (Lipinski definition) is 1. The summed E-state index contributed by atoms with van der Waals surface area (Å²) in [5.41, 5.74) is -9.53. The molecule has 26 heteroatoms. The summed E-state index contributed by atoms with van der Waals surface area (Å²) >= 11 is 35.8. The van der Waals surface area contributed by atoms with Crippen molar-refractivity contribution < 1.29 is 90.8 Å². The molecule has 0 spiro atoms. The first-order valence-electron chi connectivity index (χ1n) is 26.1. The summed E-state index contributed by atoms with van der Waals surface area (Å²) in [7, 11) is 1.48. The second-order valence-electron chi connectivity index (χ2n) is 22.5. The van der Waals surface area contributed by atoms with Gasteiger partial charge in [-0.05, 0) is 75.6 Å². The number of amides is 1. The van der Waals surface area contributed by atoms with Crippen molar-refractivity contribution in [2.75, 3.05) is 26.9 Å². The lowest BCUT2D eigenvalue weighted by Gasteiger charge is -2.67. The summed E-state index contributed by atoms with van der Waals surface area (Å²) in [6, 6.07) is 21.4. The van der Waals surface area contributed by atoms with Crippen molar-refractivity contribution in [3.8, 4) is 5.75 Å². The van der Waals surface area contributed by atoms with Crippen LogP contribution < -0.4 is 4.74 Å². The lowest BCUT2D eigenvalue weighted by molar-refractivity contribution is -0.346. The van der Waals surface area contributed by atoms with E-state index in [0.717, 1.165) is 6.92 Å². The molecule has 83 heavy (non-hydrogen) atoms. The third-order valence-electron chi connectivity index (χ3n) is 15.8. The van der Waals surface area contributed by atoms with Gasteiger partial charge in [0.05, 0.1) is 30.6 Å². The quantitative estimate of drug-likeness (QED) is 0.0766. The molecule has 3 aromatic carbocycles. The van der Waals surface area contributed by atoms with Gasteiger partial charge in [0.1, 0.15) is 60.6 Å². The second kappa shape index (κ2) is 23.9. The largest absolute Gasteiger partial charge is 0.509 e. The first kappa shape index (κ1) is 63.7. The Morgan fingerprint density at radius 3 is 1.88 bits per heavy atom. The van der Waals surface area contributed by atoms with E-state index < -0.39 is 165 Å². The number of benzene rings is 3. The van der Waals surface area contributed by atoms with Gasteiger partial charge >= 0.3 is 36.3 Å². The molecule has 0 aromatic heterocycles. The zero-order valence-corrected chi connectivity index (χ0v) is 50.9. The van der Waals surface area contributed by atoms with Crippen LogP contribution in [0.3, 0.4) is 0 Å². The molecule has 1 amide bonds. The second-order valence-corrected chi connectivity index (χ2v) is 27.5. The van der Waals surface area contributed by atoms with Gasteiger partial charge in [0.2, 0.25) is 7.59 Å². The summed E-state index contributed by atoms with van der Waals surface area (Å²) in [5.74, 6) is -5.58. The molecule has 5 aliphatic rings. The molecule has 4 fully saturated rings. The van der Waals surface area contributed by atoms with Crippen LogP contribution >= 0.6 is 69.6 Å². The fourth-order valence-electron chi connectivity index (χ4n) is 12.0. The highest BCUT2D eigenvalue weighted by molar-refractivity contribution is 6.68. The molecule has 2 bridgehead atoms. The van der Waals surface area contributed by atoms with Crippen molar-refractivity contribution in [2.24, 2.45) is 16.7 Å². The number of esters is 3. The molecule has 2 aliphatic heterocycles. The molecule has 3 aromatic rings. The van der Waals surface area contributed by atoms with Crippen molar-refractivity contribution in [1.82, 2.24) is 4.90 Å². The van der Waals surface area contributed by atoms with E-state index in [2.05, 4.69) is 0 Å². The Kier molecular flexibility index (Phi) is 18.3. The molecule has 2 saturated carbocycles. The number of carbonyl (C=O) groups is 7. The fourth-order valence-corrected chi connectivity index (χ4v) is 12.4. The summed E-state index contributed by atoms with van der Waals surface area (Å²) in [4.78, 5) is 104. The number of methoxy groups -OCH3 is 1. The van der Waals surface area contributed by atoms with Crippen molar-refractivity contribution in [1.29, 1.82) is 0 Å². The number of hydrogen-bond acceptors (Lipinski definition) is 19. The lowest BCUT2D eigenvalue weighted by Crippen LogP contribution is -2.82. The van der Waals surface area contributed by atoms with Crippen LogP contribution in [0.2, 0.25) is 0 Å². The van der Waals surface area contributed by atoms with E-state index in [0.29, 0.717) is 16.9 Å². The number of alkyl halides is 6. The summed E-state index contributed by atoms with van der Waals surface area (Å²) < 4.78 is 61.5. The lowest BCUT2D eigenvalue weighted by atomic mass is 9.44.